The lowest BCUT2D eigenvalue weighted by molar-refractivity contribution is 0.564. The van der Waals surface area contributed by atoms with Crippen molar-refractivity contribution in [2.75, 3.05) is 12.3 Å². The number of nitrogens with two attached hydrogens (primary N) is 1. The second kappa shape index (κ2) is 6.36. The van der Waals surface area contributed by atoms with Crippen LogP contribution in [0.25, 0.3) is 0 Å². The molecule has 0 saturated carbocycles. The van der Waals surface area contributed by atoms with Crippen LogP contribution in [0.2, 0.25) is 0 Å². The molecule has 0 bridgehead atoms. The lowest BCUT2D eigenvalue weighted by Gasteiger charge is -1.82. The van der Waals surface area contributed by atoms with Crippen LogP contribution in [0.5, 0.6) is 0 Å². The summed E-state index contributed by atoms with van der Waals surface area (Å²) in [7, 11) is 0. The first-order valence-corrected chi connectivity index (χ1v) is 2.82. The van der Waals surface area contributed by atoms with E-state index < -0.39 is 11.1 Å². The van der Waals surface area contributed by atoms with Gasteiger partial charge in [0.2, 0.25) is 0 Å². The van der Waals surface area contributed by atoms with Crippen molar-refractivity contribution >= 4 is 23.5 Å². The SMILES string of the molecule is Cl.NCCS(=O)O. The standard InChI is InChI=1S/C2H7NO2S.ClH/c3-1-2-6(4)5;/h1-3H2,(H,4,5);1H. The lowest BCUT2D eigenvalue weighted by Crippen LogP contribution is -2.08. The second-order valence-electron chi connectivity index (χ2n) is 0.814. The molecule has 1 atom stereocenters. The van der Waals surface area contributed by atoms with E-state index >= 15 is 0 Å². The highest BCUT2D eigenvalue weighted by Crippen LogP contribution is 1.64. The minimum absolute atomic E-state index is 0. The molecule has 0 radical (unpaired) electrons. The molecule has 0 aliphatic carbocycles. The molecule has 0 aromatic rings. The van der Waals surface area contributed by atoms with Crippen LogP contribution in [-0.4, -0.2) is 21.1 Å². The van der Waals surface area contributed by atoms with Gasteiger partial charge < -0.3 is 10.3 Å². The molecule has 0 aromatic carbocycles. The van der Waals surface area contributed by atoms with Crippen molar-refractivity contribution in [3.05, 3.63) is 0 Å². The van der Waals surface area contributed by atoms with E-state index in [0.717, 1.165) is 0 Å². The van der Waals surface area contributed by atoms with Crippen LogP contribution in [0.3, 0.4) is 0 Å². The van der Waals surface area contributed by atoms with Gasteiger partial charge in [-0.3, -0.25) is 0 Å². The summed E-state index contributed by atoms with van der Waals surface area (Å²) in [5, 5.41) is 0. The van der Waals surface area contributed by atoms with Crippen molar-refractivity contribution in [1.82, 2.24) is 0 Å². The molecule has 5 heteroatoms. The quantitative estimate of drug-likeness (QED) is 0.520. The molecule has 46 valence electrons. The van der Waals surface area contributed by atoms with Crippen LogP contribution in [0.1, 0.15) is 0 Å². The van der Waals surface area contributed by atoms with E-state index in [-0.39, 0.29) is 24.7 Å². The third-order valence-electron chi connectivity index (χ3n) is 0.292. The average molecular weight is 146 g/mol. The summed E-state index contributed by atoms with van der Waals surface area (Å²) in [6.45, 7) is 0.281. The van der Waals surface area contributed by atoms with Crippen LogP contribution >= 0.6 is 12.4 Å². The van der Waals surface area contributed by atoms with E-state index in [1.807, 2.05) is 0 Å². The topological polar surface area (TPSA) is 63.3 Å². The van der Waals surface area contributed by atoms with Crippen molar-refractivity contribution in [2.45, 2.75) is 0 Å². The highest BCUT2D eigenvalue weighted by atomic mass is 35.5. The summed E-state index contributed by atoms with van der Waals surface area (Å²) in [5.41, 5.74) is 4.88. The fourth-order valence-corrected chi connectivity index (χ4v) is 0.302. The Balaban J connectivity index is 0. The van der Waals surface area contributed by atoms with Crippen molar-refractivity contribution in [2.24, 2.45) is 5.73 Å². The van der Waals surface area contributed by atoms with Gasteiger partial charge >= 0.3 is 0 Å². The Bertz CT molecular complexity index is 59.7. The average Bonchev–Trinajstić information content (AvgIpc) is 1.35. The normalized spacial score (nSPS) is 12.3. The van der Waals surface area contributed by atoms with Gasteiger partial charge in [0.15, 0.2) is 11.1 Å². The summed E-state index contributed by atoms with van der Waals surface area (Å²) in [4.78, 5) is 0. The van der Waals surface area contributed by atoms with Crippen molar-refractivity contribution < 1.29 is 8.76 Å². The Hall–Kier alpha value is 0.360. The maximum absolute atomic E-state index is 9.63. The summed E-state index contributed by atoms with van der Waals surface area (Å²) < 4.78 is 17.6. The number of rotatable bonds is 2. The molecule has 0 aliphatic heterocycles. The van der Waals surface area contributed by atoms with E-state index in [1.165, 1.54) is 0 Å². The van der Waals surface area contributed by atoms with Gasteiger partial charge in [-0.15, -0.1) is 12.4 Å². The minimum Gasteiger partial charge on any atom is -0.329 e. The molecular weight excluding hydrogens is 138 g/mol. The van der Waals surface area contributed by atoms with Crippen LogP contribution < -0.4 is 5.73 Å². The van der Waals surface area contributed by atoms with Crippen molar-refractivity contribution in [3.8, 4) is 0 Å². The smallest absolute Gasteiger partial charge is 0.154 e. The summed E-state index contributed by atoms with van der Waals surface area (Å²) in [6.07, 6.45) is 0. The van der Waals surface area contributed by atoms with Crippen LogP contribution in [0.15, 0.2) is 0 Å². The van der Waals surface area contributed by atoms with Gasteiger partial charge in [0, 0.05) is 6.54 Å². The van der Waals surface area contributed by atoms with Gasteiger partial charge in [0.05, 0.1) is 5.75 Å². The zero-order valence-corrected chi connectivity index (χ0v) is 5.30. The Morgan fingerprint density at radius 3 is 2.14 bits per heavy atom. The number of hydrogen-bond donors (Lipinski definition) is 2. The molecule has 3 N–H and O–H groups in total. The molecule has 0 rings (SSSR count). The summed E-state index contributed by atoms with van der Waals surface area (Å²) >= 11 is -1.69. The van der Waals surface area contributed by atoms with Crippen molar-refractivity contribution in [3.63, 3.8) is 0 Å². The van der Waals surface area contributed by atoms with Crippen LogP contribution in [-0.2, 0) is 11.1 Å². The zero-order chi connectivity index (χ0) is 4.99. The molecule has 0 aliphatic rings. The minimum atomic E-state index is -1.69. The van der Waals surface area contributed by atoms with Crippen molar-refractivity contribution in [1.29, 1.82) is 0 Å². The maximum Gasteiger partial charge on any atom is 0.154 e. The Morgan fingerprint density at radius 2 is 2.14 bits per heavy atom. The number of halogens is 1. The summed E-state index contributed by atoms with van der Waals surface area (Å²) in [6, 6.07) is 0. The third kappa shape index (κ3) is 10.7. The van der Waals surface area contributed by atoms with Gasteiger partial charge in [-0.25, -0.2) is 4.21 Å². The molecular formula is C2H8ClNO2S. The van der Waals surface area contributed by atoms with Gasteiger partial charge in [0.25, 0.3) is 0 Å². The van der Waals surface area contributed by atoms with Gasteiger partial charge in [-0.1, -0.05) is 0 Å². The lowest BCUT2D eigenvalue weighted by atomic mass is 10.8. The molecule has 3 nitrogen and oxygen atoms in total. The van der Waals surface area contributed by atoms with E-state index in [0.29, 0.717) is 0 Å². The highest BCUT2D eigenvalue weighted by Gasteiger charge is 1.83. The first-order valence-electron chi connectivity index (χ1n) is 1.55. The zero-order valence-electron chi connectivity index (χ0n) is 3.66. The van der Waals surface area contributed by atoms with E-state index in [9.17, 15) is 4.21 Å². The van der Waals surface area contributed by atoms with Gasteiger partial charge in [-0.05, 0) is 0 Å². The molecule has 1 unspecified atom stereocenters. The fourth-order valence-electron chi connectivity index (χ4n) is 0.101. The maximum atomic E-state index is 9.63. The Labute approximate surface area is 51.0 Å². The second-order valence-corrected chi connectivity index (χ2v) is 1.87. The highest BCUT2D eigenvalue weighted by molar-refractivity contribution is 7.79. The predicted octanol–water partition coefficient (Wildman–Crippen LogP) is -0.411. The first-order chi connectivity index (χ1) is 2.77. The van der Waals surface area contributed by atoms with Crippen LogP contribution in [0, 0.1) is 0 Å². The number of hydrogen-bond acceptors (Lipinski definition) is 2. The molecule has 7 heavy (non-hydrogen) atoms. The largest absolute Gasteiger partial charge is 0.329 e. The van der Waals surface area contributed by atoms with E-state index in [2.05, 4.69) is 0 Å². The molecule has 0 heterocycles. The molecule has 0 saturated heterocycles. The van der Waals surface area contributed by atoms with E-state index in [1.54, 1.807) is 0 Å². The van der Waals surface area contributed by atoms with Gasteiger partial charge in [0.1, 0.15) is 0 Å². The first kappa shape index (κ1) is 10.4. The predicted molar refractivity (Wildman–Crippen MR) is 31.9 cm³/mol. The fraction of sp³-hybridized carbons (Fsp3) is 1.00. The molecule has 0 fully saturated rings. The Morgan fingerprint density at radius 1 is 1.71 bits per heavy atom. The summed E-state index contributed by atoms with van der Waals surface area (Å²) in [5.74, 6) is 0.181. The molecule has 0 spiro atoms. The van der Waals surface area contributed by atoms with Crippen LogP contribution in [0.4, 0.5) is 0 Å². The molecule has 0 aromatic heterocycles. The third-order valence-corrected chi connectivity index (χ3v) is 0.877. The molecule has 0 amide bonds. The monoisotopic (exact) mass is 145 g/mol. The Kier molecular flexibility index (Phi) is 9.42. The van der Waals surface area contributed by atoms with E-state index in [4.69, 9.17) is 10.3 Å². The van der Waals surface area contributed by atoms with Gasteiger partial charge in [-0.2, -0.15) is 0 Å².